The Labute approximate surface area is 154 Å². The molecule has 1 aromatic carbocycles. The summed E-state index contributed by atoms with van der Waals surface area (Å²) in [5.41, 5.74) is 1.64. The maximum Gasteiger partial charge on any atom is 0.191 e. The highest BCUT2D eigenvalue weighted by molar-refractivity contribution is 5.83. The summed E-state index contributed by atoms with van der Waals surface area (Å²) in [5, 5.41) is 7.34. The molecule has 1 heterocycles. The second kappa shape index (κ2) is 10.1. The molecule has 2 rings (SSSR count). The van der Waals surface area contributed by atoms with E-state index in [0.717, 1.165) is 49.4 Å². The minimum absolute atomic E-state index is 0.256. The number of hydrogen-bond acceptors (Lipinski definition) is 4. The van der Waals surface area contributed by atoms with Gasteiger partial charge in [-0.15, -0.1) is 0 Å². The Bertz CT molecular complexity index is 730. The van der Waals surface area contributed by atoms with E-state index in [-0.39, 0.29) is 5.82 Å². The number of fused-ring (bicyclic) bond motifs is 1. The van der Waals surface area contributed by atoms with Gasteiger partial charge in [0.25, 0.3) is 0 Å². The summed E-state index contributed by atoms with van der Waals surface area (Å²) in [6.45, 7) is 5.90. The number of nitrogens with zero attached hydrogens (tertiary/aromatic N) is 2. The van der Waals surface area contributed by atoms with E-state index in [1.807, 2.05) is 6.92 Å². The van der Waals surface area contributed by atoms with Crippen LogP contribution in [-0.2, 0) is 11.3 Å². The first-order valence-corrected chi connectivity index (χ1v) is 8.84. The summed E-state index contributed by atoms with van der Waals surface area (Å²) in [4.78, 5) is 6.47. The monoisotopic (exact) mass is 364 g/mol. The van der Waals surface area contributed by atoms with Crippen LogP contribution in [0.5, 0.6) is 0 Å². The van der Waals surface area contributed by atoms with Gasteiger partial charge in [-0.05, 0) is 38.6 Å². The smallest absolute Gasteiger partial charge is 0.191 e. The lowest BCUT2D eigenvalue weighted by molar-refractivity contribution is 0.180. The van der Waals surface area contributed by atoms with Gasteiger partial charge in [-0.3, -0.25) is 4.99 Å². The highest BCUT2D eigenvalue weighted by Crippen LogP contribution is 2.25. The van der Waals surface area contributed by atoms with Crippen molar-refractivity contribution in [2.45, 2.75) is 19.9 Å². The number of methoxy groups -OCH3 is 1. The third kappa shape index (κ3) is 5.71. The van der Waals surface area contributed by atoms with Crippen LogP contribution in [0, 0.1) is 12.7 Å². The van der Waals surface area contributed by atoms with Gasteiger partial charge in [-0.1, -0.05) is 0 Å². The summed E-state index contributed by atoms with van der Waals surface area (Å²) in [7, 11) is 5.54. The zero-order valence-corrected chi connectivity index (χ0v) is 16.1. The molecule has 0 unspecified atom stereocenters. The van der Waals surface area contributed by atoms with Crippen LogP contribution in [0.2, 0.25) is 0 Å². The van der Waals surface area contributed by atoms with E-state index in [0.29, 0.717) is 18.1 Å². The lowest BCUT2D eigenvalue weighted by atomic mass is 10.1. The van der Waals surface area contributed by atoms with Gasteiger partial charge in [-0.2, -0.15) is 0 Å². The predicted octanol–water partition coefficient (Wildman–Crippen LogP) is 2.51. The largest absolute Gasteiger partial charge is 0.459 e. The minimum atomic E-state index is -0.256. The van der Waals surface area contributed by atoms with Gasteiger partial charge in [0, 0.05) is 51.3 Å². The molecule has 0 fully saturated rings. The molecule has 0 atom stereocenters. The van der Waals surface area contributed by atoms with Gasteiger partial charge in [0.2, 0.25) is 0 Å². The molecule has 0 aliphatic heterocycles. The molecule has 2 aromatic rings. The molecule has 1 aromatic heterocycles. The molecule has 0 bridgehead atoms. The molecule has 26 heavy (non-hydrogen) atoms. The van der Waals surface area contributed by atoms with Crippen molar-refractivity contribution in [2.75, 3.05) is 47.4 Å². The molecule has 6 nitrogen and oxygen atoms in total. The number of rotatable bonds is 9. The highest BCUT2D eigenvalue weighted by atomic mass is 19.1. The van der Waals surface area contributed by atoms with Crippen LogP contribution < -0.4 is 10.6 Å². The van der Waals surface area contributed by atoms with Crippen LogP contribution in [0.15, 0.2) is 27.6 Å². The van der Waals surface area contributed by atoms with E-state index in [2.05, 4.69) is 27.6 Å². The molecule has 0 saturated heterocycles. The number of aliphatic imine (C=N–C) groups is 1. The zero-order chi connectivity index (χ0) is 18.9. The molecule has 0 radical (unpaired) electrons. The average Bonchev–Trinajstić information content (AvgIpc) is 2.94. The third-order valence-corrected chi connectivity index (χ3v) is 4.31. The van der Waals surface area contributed by atoms with E-state index < -0.39 is 0 Å². The van der Waals surface area contributed by atoms with E-state index in [4.69, 9.17) is 9.15 Å². The van der Waals surface area contributed by atoms with Crippen LogP contribution in [-0.4, -0.2) is 58.3 Å². The Morgan fingerprint density at radius 1 is 1.31 bits per heavy atom. The van der Waals surface area contributed by atoms with Crippen molar-refractivity contribution in [2.24, 2.45) is 4.99 Å². The summed E-state index contributed by atoms with van der Waals surface area (Å²) < 4.78 is 24.3. The average molecular weight is 364 g/mol. The van der Waals surface area contributed by atoms with Gasteiger partial charge < -0.3 is 24.7 Å². The Balaban J connectivity index is 1.81. The van der Waals surface area contributed by atoms with E-state index in [1.54, 1.807) is 20.2 Å². The first kappa shape index (κ1) is 20.2. The third-order valence-electron chi connectivity index (χ3n) is 4.31. The molecule has 0 amide bonds. The fraction of sp³-hybridized carbons (Fsp3) is 0.526. The van der Waals surface area contributed by atoms with E-state index >= 15 is 0 Å². The van der Waals surface area contributed by atoms with Crippen LogP contribution in [0.1, 0.15) is 17.7 Å². The number of likely N-dealkylation sites (N-methyl/N-ethyl adjacent to an activating group) is 1. The lowest BCUT2D eigenvalue weighted by Crippen LogP contribution is -2.40. The van der Waals surface area contributed by atoms with Crippen LogP contribution in [0.25, 0.3) is 11.0 Å². The summed E-state index contributed by atoms with van der Waals surface area (Å²) in [6.07, 6.45) is 1.02. The molecular weight excluding hydrogens is 335 g/mol. The number of furan rings is 1. The number of benzene rings is 1. The summed E-state index contributed by atoms with van der Waals surface area (Å²) in [6, 6.07) is 4.57. The first-order valence-electron chi connectivity index (χ1n) is 8.84. The normalized spacial score (nSPS) is 12.2. The molecular formula is C19H29FN4O2. The van der Waals surface area contributed by atoms with Crippen molar-refractivity contribution >= 4 is 16.9 Å². The van der Waals surface area contributed by atoms with Crippen LogP contribution >= 0.6 is 0 Å². The minimum Gasteiger partial charge on any atom is -0.459 e. The summed E-state index contributed by atoms with van der Waals surface area (Å²) in [5.74, 6) is 1.24. The molecule has 2 N–H and O–H groups in total. The Hall–Kier alpha value is -2.12. The van der Waals surface area contributed by atoms with Crippen molar-refractivity contribution in [1.82, 2.24) is 15.5 Å². The SMILES string of the molecule is CN=C(NCCN(C)CCCOC)NCc1oc2ccc(F)cc2c1C. The molecule has 0 spiro atoms. The highest BCUT2D eigenvalue weighted by Gasteiger charge is 2.11. The number of ether oxygens (including phenoxy) is 1. The standard InChI is InChI=1S/C19H29FN4O2/c1-14-16-12-15(20)6-7-17(16)26-18(14)13-23-19(21-2)22-8-10-24(3)9-5-11-25-4/h6-7,12H,5,8-11,13H2,1-4H3,(H2,21,22,23). The van der Waals surface area contributed by atoms with Crippen LogP contribution in [0.4, 0.5) is 4.39 Å². The number of hydrogen-bond donors (Lipinski definition) is 2. The Morgan fingerprint density at radius 3 is 2.85 bits per heavy atom. The van der Waals surface area contributed by atoms with Crippen LogP contribution in [0.3, 0.4) is 0 Å². The van der Waals surface area contributed by atoms with Crippen molar-refractivity contribution in [3.8, 4) is 0 Å². The number of guanidine groups is 1. The molecule has 144 valence electrons. The zero-order valence-electron chi connectivity index (χ0n) is 16.1. The second-order valence-corrected chi connectivity index (χ2v) is 6.29. The van der Waals surface area contributed by atoms with E-state index in [1.165, 1.54) is 12.1 Å². The molecule has 7 heteroatoms. The number of aryl methyl sites for hydroxylation is 1. The van der Waals surface area contributed by atoms with Gasteiger partial charge in [0.05, 0.1) is 6.54 Å². The number of nitrogens with one attached hydrogen (secondary N) is 2. The van der Waals surface area contributed by atoms with Gasteiger partial charge in [0.1, 0.15) is 17.2 Å². The fourth-order valence-electron chi connectivity index (χ4n) is 2.75. The summed E-state index contributed by atoms with van der Waals surface area (Å²) >= 11 is 0. The maximum absolute atomic E-state index is 13.4. The topological polar surface area (TPSA) is 62.0 Å². The van der Waals surface area contributed by atoms with Crippen molar-refractivity contribution < 1.29 is 13.5 Å². The second-order valence-electron chi connectivity index (χ2n) is 6.29. The number of halogens is 1. The van der Waals surface area contributed by atoms with Crippen molar-refractivity contribution in [3.05, 3.63) is 35.3 Å². The molecule has 0 aliphatic carbocycles. The Morgan fingerprint density at radius 2 is 2.12 bits per heavy atom. The van der Waals surface area contributed by atoms with Gasteiger partial charge in [-0.25, -0.2) is 4.39 Å². The first-order chi connectivity index (χ1) is 12.5. The quantitative estimate of drug-likeness (QED) is 0.407. The molecule has 0 saturated carbocycles. The van der Waals surface area contributed by atoms with Crippen molar-refractivity contribution in [3.63, 3.8) is 0 Å². The van der Waals surface area contributed by atoms with Gasteiger partial charge in [0.15, 0.2) is 5.96 Å². The lowest BCUT2D eigenvalue weighted by Gasteiger charge is -2.18. The van der Waals surface area contributed by atoms with E-state index in [9.17, 15) is 4.39 Å². The van der Waals surface area contributed by atoms with Gasteiger partial charge >= 0.3 is 0 Å². The predicted molar refractivity (Wildman–Crippen MR) is 103 cm³/mol. The Kier molecular flexibility index (Phi) is 7.87. The van der Waals surface area contributed by atoms with Crippen molar-refractivity contribution in [1.29, 1.82) is 0 Å². The maximum atomic E-state index is 13.4. The molecule has 0 aliphatic rings. The fourth-order valence-corrected chi connectivity index (χ4v) is 2.75.